The summed E-state index contributed by atoms with van der Waals surface area (Å²) in [5, 5.41) is 11.8. The molecular formula is C13H15FN2O3. The van der Waals surface area contributed by atoms with E-state index in [2.05, 4.69) is 5.32 Å². The van der Waals surface area contributed by atoms with Crippen molar-refractivity contribution in [2.24, 2.45) is 5.73 Å². The number of carboxylic acids is 1. The van der Waals surface area contributed by atoms with Crippen molar-refractivity contribution in [3.05, 3.63) is 29.6 Å². The molecule has 0 radical (unpaired) electrons. The molecule has 1 aromatic rings. The molecule has 0 unspecified atom stereocenters. The van der Waals surface area contributed by atoms with Crippen LogP contribution in [0, 0.1) is 5.82 Å². The van der Waals surface area contributed by atoms with E-state index in [0.29, 0.717) is 12.8 Å². The highest BCUT2D eigenvalue weighted by molar-refractivity contribution is 5.93. The van der Waals surface area contributed by atoms with Crippen LogP contribution in [0.5, 0.6) is 0 Å². The minimum atomic E-state index is -0.915. The number of nitrogens with one attached hydrogen (secondary N) is 1. The number of carboxylic acid groups (broad SMARTS) is 1. The Hall–Kier alpha value is -2.11. The van der Waals surface area contributed by atoms with Gasteiger partial charge in [0.05, 0.1) is 12.1 Å². The van der Waals surface area contributed by atoms with Crippen LogP contribution in [0.1, 0.15) is 36.0 Å². The minimum absolute atomic E-state index is 0.0516. The number of hydrogen-bond acceptors (Lipinski definition) is 3. The Morgan fingerprint density at radius 3 is 2.53 bits per heavy atom. The standard InChI is InChI=1S/C13H15FN2O3/c14-9-6-8(12(15)19)2-3-10(9)16-13(4-1-5-13)7-11(17)18/h2-3,6,16H,1,4-5,7H2,(H2,15,19)(H,17,18). The molecule has 1 aliphatic carbocycles. The zero-order valence-electron chi connectivity index (χ0n) is 10.3. The largest absolute Gasteiger partial charge is 0.481 e. The second-order valence-electron chi connectivity index (χ2n) is 4.89. The molecule has 0 spiro atoms. The van der Waals surface area contributed by atoms with Gasteiger partial charge < -0.3 is 16.2 Å². The third-order valence-corrected chi connectivity index (χ3v) is 3.45. The number of carbonyl (C=O) groups is 2. The molecule has 102 valence electrons. The summed E-state index contributed by atoms with van der Waals surface area (Å²) in [7, 11) is 0. The minimum Gasteiger partial charge on any atom is -0.481 e. The van der Waals surface area contributed by atoms with Crippen LogP contribution in [0.2, 0.25) is 0 Å². The summed E-state index contributed by atoms with van der Waals surface area (Å²) >= 11 is 0. The van der Waals surface area contributed by atoms with E-state index in [4.69, 9.17) is 10.8 Å². The molecule has 0 aromatic heterocycles. The number of anilines is 1. The molecule has 0 saturated heterocycles. The van der Waals surface area contributed by atoms with E-state index < -0.39 is 23.2 Å². The molecule has 6 heteroatoms. The lowest BCUT2D eigenvalue weighted by Crippen LogP contribution is -2.47. The number of primary amides is 1. The van der Waals surface area contributed by atoms with E-state index in [1.165, 1.54) is 12.1 Å². The van der Waals surface area contributed by atoms with Gasteiger partial charge in [0.25, 0.3) is 0 Å². The van der Waals surface area contributed by atoms with Gasteiger partial charge in [0.1, 0.15) is 5.82 Å². The highest BCUT2D eigenvalue weighted by Crippen LogP contribution is 2.38. The molecule has 1 saturated carbocycles. The van der Waals surface area contributed by atoms with Gasteiger partial charge in [-0.1, -0.05) is 0 Å². The van der Waals surface area contributed by atoms with E-state index in [1.54, 1.807) is 0 Å². The highest BCUT2D eigenvalue weighted by Gasteiger charge is 2.39. The van der Waals surface area contributed by atoms with Gasteiger partial charge in [0, 0.05) is 11.1 Å². The second kappa shape index (κ2) is 4.87. The van der Waals surface area contributed by atoms with Gasteiger partial charge in [0.2, 0.25) is 5.91 Å². The Morgan fingerprint density at radius 1 is 1.42 bits per heavy atom. The summed E-state index contributed by atoms with van der Waals surface area (Å²) in [6, 6.07) is 3.88. The van der Waals surface area contributed by atoms with E-state index in [9.17, 15) is 14.0 Å². The summed E-state index contributed by atoms with van der Waals surface area (Å²) in [6.45, 7) is 0. The highest BCUT2D eigenvalue weighted by atomic mass is 19.1. The van der Waals surface area contributed by atoms with Gasteiger partial charge >= 0.3 is 5.97 Å². The normalized spacial score (nSPS) is 16.5. The van der Waals surface area contributed by atoms with Crippen molar-refractivity contribution < 1.29 is 19.1 Å². The van der Waals surface area contributed by atoms with Crippen LogP contribution in [-0.2, 0) is 4.79 Å². The van der Waals surface area contributed by atoms with Crippen LogP contribution in [0.15, 0.2) is 18.2 Å². The Balaban J connectivity index is 2.18. The lowest BCUT2D eigenvalue weighted by molar-refractivity contribution is -0.138. The molecule has 1 amide bonds. The number of rotatable bonds is 5. The fourth-order valence-electron chi connectivity index (χ4n) is 2.29. The SMILES string of the molecule is NC(=O)c1ccc(NC2(CC(=O)O)CCC2)c(F)c1. The molecule has 0 atom stereocenters. The Kier molecular flexibility index (Phi) is 3.42. The first-order chi connectivity index (χ1) is 8.92. The van der Waals surface area contributed by atoms with Crippen molar-refractivity contribution in [3.8, 4) is 0 Å². The zero-order valence-corrected chi connectivity index (χ0v) is 10.3. The zero-order chi connectivity index (χ0) is 14.0. The van der Waals surface area contributed by atoms with Crippen LogP contribution >= 0.6 is 0 Å². The van der Waals surface area contributed by atoms with Gasteiger partial charge in [0.15, 0.2) is 0 Å². The van der Waals surface area contributed by atoms with Crippen molar-refractivity contribution in [1.82, 2.24) is 0 Å². The number of aliphatic carboxylic acids is 1. The summed E-state index contributed by atoms with van der Waals surface area (Å²) in [6.07, 6.45) is 2.25. The lowest BCUT2D eigenvalue weighted by Gasteiger charge is -2.42. The summed E-state index contributed by atoms with van der Waals surface area (Å²) < 4.78 is 13.8. The lowest BCUT2D eigenvalue weighted by atomic mass is 9.74. The fourth-order valence-corrected chi connectivity index (χ4v) is 2.29. The van der Waals surface area contributed by atoms with Gasteiger partial charge in [-0.25, -0.2) is 4.39 Å². The summed E-state index contributed by atoms with van der Waals surface area (Å²) in [5.41, 5.74) is 4.76. The average Bonchev–Trinajstić information content (AvgIpc) is 2.27. The Labute approximate surface area is 109 Å². The van der Waals surface area contributed by atoms with E-state index in [0.717, 1.165) is 12.5 Å². The quantitative estimate of drug-likeness (QED) is 0.756. The van der Waals surface area contributed by atoms with Crippen LogP contribution < -0.4 is 11.1 Å². The number of benzene rings is 1. The number of carbonyl (C=O) groups excluding carboxylic acids is 1. The number of hydrogen-bond donors (Lipinski definition) is 3. The van der Waals surface area contributed by atoms with Gasteiger partial charge in [-0.2, -0.15) is 0 Å². The molecule has 0 aliphatic heterocycles. The third kappa shape index (κ3) is 2.83. The maximum Gasteiger partial charge on any atom is 0.305 e. The molecule has 1 aromatic carbocycles. The van der Waals surface area contributed by atoms with E-state index in [1.807, 2.05) is 0 Å². The van der Waals surface area contributed by atoms with Crippen molar-refractivity contribution in [2.75, 3.05) is 5.32 Å². The smallest absolute Gasteiger partial charge is 0.305 e. The predicted octanol–water partition coefficient (Wildman–Crippen LogP) is 1.73. The topological polar surface area (TPSA) is 92.4 Å². The van der Waals surface area contributed by atoms with Crippen LogP contribution in [0.4, 0.5) is 10.1 Å². The third-order valence-electron chi connectivity index (χ3n) is 3.45. The van der Waals surface area contributed by atoms with Crippen LogP contribution in [0.3, 0.4) is 0 Å². The van der Waals surface area contributed by atoms with E-state index in [-0.39, 0.29) is 17.7 Å². The molecule has 5 nitrogen and oxygen atoms in total. The Bertz CT molecular complexity index is 527. The molecule has 2 rings (SSSR count). The maximum absolute atomic E-state index is 13.8. The van der Waals surface area contributed by atoms with Crippen molar-refractivity contribution in [2.45, 2.75) is 31.2 Å². The molecule has 1 aliphatic rings. The molecule has 19 heavy (non-hydrogen) atoms. The summed E-state index contributed by atoms with van der Waals surface area (Å²) in [4.78, 5) is 21.8. The van der Waals surface area contributed by atoms with Gasteiger partial charge in [-0.3, -0.25) is 9.59 Å². The molecule has 1 fully saturated rings. The second-order valence-corrected chi connectivity index (χ2v) is 4.89. The van der Waals surface area contributed by atoms with Gasteiger partial charge in [-0.15, -0.1) is 0 Å². The van der Waals surface area contributed by atoms with E-state index >= 15 is 0 Å². The monoisotopic (exact) mass is 266 g/mol. The average molecular weight is 266 g/mol. The number of nitrogens with two attached hydrogens (primary N) is 1. The fraction of sp³-hybridized carbons (Fsp3) is 0.385. The van der Waals surface area contributed by atoms with Gasteiger partial charge in [-0.05, 0) is 37.5 Å². The summed E-state index contributed by atoms with van der Waals surface area (Å²) in [5.74, 6) is -2.22. The number of amides is 1. The maximum atomic E-state index is 13.8. The van der Waals surface area contributed by atoms with Crippen molar-refractivity contribution in [1.29, 1.82) is 0 Å². The van der Waals surface area contributed by atoms with Crippen molar-refractivity contribution >= 4 is 17.6 Å². The molecule has 0 heterocycles. The molecule has 4 N–H and O–H groups in total. The molecule has 0 bridgehead atoms. The first-order valence-electron chi connectivity index (χ1n) is 6.01. The Morgan fingerprint density at radius 2 is 2.11 bits per heavy atom. The van der Waals surface area contributed by atoms with Crippen molar-refractivity contribution in [3.63, 3.8) is 0 Å². The first-order valence-corrected chi connectivity index (χ1v) is 6.01. The number of halogens is 1. The predicted molar refractivity (Wildman–Crippen MR) is 67.4 cm³/mol. The van der Waals surface area contributed by atoms with Crippen LogP contribution in [-0.4, -0.2) is 22.5 Å². The molecular weight excluding hydrogens is 251 g/mol. The first kappa shape index (κ1) is 13.3. The van der Waals surface area contributed by atoms with Crippen LogP contribution in [0.25, 0.3) is 0 Å².